The lowest BCUT2D eigenvalue weighted by molar-refractivity contribution is -0.111. The van der Waals surface area contributed by atoms with Crippen LogP contribution in [-0.4, -0.2) is 11.8 Å². The number of thiophene rings is 1. The highest BCUT2D eigenvalue weighted by Crippen LogP contribution is 2.44. The second-order valence-corrected chi connectivity index (χ2v) is 10.6. The summed E-state index contributed by atoms with van der Waals surface area (Å²) in [6.07, 6.45) is 6.09. The first-order valence-electron chi connectivity index (χ1n) is 10.6. The third-order valence-corrected chi connectivity index (χ3v) is 7.17. The molecule has 1 aliphatic carbocycles. The van der Waals surface area contributed by atoms with Crippen molar-refractivity contribution >= 4 is 34.2 Å². The molecule has 0 saturated carbocycles. The number of nitrogens with two attached hydrogens (primary N) is 1. The molecular weight excluding hydrogens is 392 g/mol. The van der Waals surface area contributed by atoms with E-state index in [2.05, 4.69) is 52.1 Å². The third-order valence-electron chi connectivity index (χ3n) is 6.00. The molecule has 1 heterocycles. The summed E-state index contributed by atoms with van der Waals surface area (Å²) < 4.78 is 0. The Kier molecular flexibility index (Phi) is 6.51. The van der Waals surface area contributed by atoms with Gasteiger partial charge in [0.1, 0.15) is 5.00 Å². The van der Waals surface area contributed by atoms with Crippen LogP contribution < -0.4 is 11.1 Å². The zero-order valence-corrected chi connectivity index (χ0v) is 19.4. The van der Waals surface area contributed by atoms with Crippen LogP contribution in [0.1, 0.15) is 78.9 Å². The highest BCUT2D eigenvalue weighted by molar-refractivity contribution is 7.17. The van der Waals surface area contributed by atoms with Crippen LogP contribution in [0.25, 0.3) is 6.08 Å². The number of carbonyl (C=O) groups excluding carboxylic acids is 2. The van der Waals surface area contributed by atoms with Gasteiger partial charge in [-0.2, -0.15) is 0 Å². The number of carbonyl (C=O) groups is 2. The lowest BCUT2D eigenvalue weighted by Crippen LogP contribution is -2.27. The van der Waals surface area contributed by atoms with Crippen molar-refractivity contribution in [3.8, 4) is 0 Å². The van der Waals surface area contributed by atoms with Gasteiger partial charge in [0, 0.05) is 11.0 Å². The topological polar surface area (TPSA) is 72.2 Å². The monoisotopic (exact) mass is 424 g/mol. The summed E-state index contributed by atoms with van der Waals surface area (Å²) in [6.45, 7) is 11.1. The van der Waals surface area contributed by atoms with Crippen molar-refractivity contribution in [3.63, 3.8) is 0 Å². The standard InChI is InChI=1S/C25H32N2O2S/c1-15(2)17-9-6-16(7-10-17)8-13-21(28)27-24-22(23(26)29)19-12-11-18(25(3,4)5)14-20(19)30-24/h6-10,13,15,18H,11-12,14H2,1-5H3,(H2,26,29)(H,27,28)/b13-8+/t18-/m0/s1. The minimum absolute atomic E-state index is 0.214. The van der Waals surface area contributed by atoms with Crippen molar-refractivity contribution < 1.29 is 9.59 Å². The molecule has 0 aliphatic heterocycles. The minimum Gasteiger partial charge on any atom is -0.365 e. The normalized spacial score (nSPS) is 16.7. The summed E-state index contributed by atoms with van der Waals surface area (Å²) in [7, 11) is 0. The molecule has 0 spiro atoms. The molecule has 2 aromatic rings. The predicted molar refractivity (Wildman–Crippen MR) is 126 cm³/mol. The molecule has 0 saturated heterocycles. The first kappa shape index (κ1) is 22.3. The van der Waals surface area contributed by atoms with Crippen molar-refractivity contribution in [2.24, 2.45) is 17.1 Å². The Bertz CT molecular complexity index is 962. The number of nitrogens with one attached hydrogen (secondary N) is 1. The maximum absolute atomic E-state index is 12.5. The highest BCUT2D eigenvalue weighted by atomic mass is 32.1. The van der Waals surface area contributed by atoms with Gasteiger partial charge >= 0.3 is 0 Å². The molecule has 160 valence electrons. The molecule has 0 radical (unpaired) electrons. The maximum atomic E-state index is 12.5. The Balaban J connectivity index is 1.77. The van der Waals surface area contributed by atoms with Crippen LogP contribution in [0.5, 0.6) is 0 Å². The molecule has 5 heteroatoms. The highest BCUT2D eigenvalue weighted by Gasteiger charge is 2.33. The summed E-state index contributed by atoms with van der Waals surface area (Å²) in [5.74, 6) is 0.310. The number of fused-ring (bicyclic) bond motifs is 1. The second-order valence-electron chi connectivity index (χ2n) is 9.52. The van der Waals surface area contributed by atoms with E-state index in [1.54, 1.807) is 6.08 Å². The Morgan fingerprint density at radius 3 is 2.43 bits per heavy atom. The molecule has 4 nitrogen and oxygen atoms in total. The van der Waals surface area contributed by atoms with Crippen molar-refractivity contribution in [3.05, 3.63) is 57.5 Å². The molecule has 0 fully saturated rings. The number of anilines is 1. The van der Waals surface area contributed by atoms with Gasteiger partial charge in [0.15, 0.2) is 0 Å². The number of rotatable bonds is 5. The Morgan fingerprint density at radius 2 is 1.87 bits per heavy atom. The molecule has 30 heavy (non-hydrogen) atoms. The van der Waals surface area contributed by atoms with E-state index in [1.165, 1.54) is 27.9 Å². The first-order valence-corrected chi connectivity index (χ1v) is 11.4. The predicted octanol–water partition coefficient (Wildman–Crippen LogP) is 5.77. The molecule has 1 atom stereocenters. The summed E-state index contributed by atoms with van der Waals surface area (Å²) in [4.78, 5) is 25.8. The van der Waals surface area contributed by atoms with Crippen molar-refractivity contribution in [2.45, 2.75) is 59.8 Å². The fourth-order valence-electron chi connectivity index (χ4n) is 3.99. The molecule has 0 unspecified atom stereocenters. The van der Waals surface area contributed by atoms with Crippen molar-refractivity contribution in [1.82, 2.24) is 0 Å². The van der Waals surface area contributed by atoms with E-state index in [0.29, 0.717) is 22.4 Å². The summed E-state index contributed by atoms with van der Waals surface area (Å²) in [6, 6.07) is 8.16. The SMILES string of the molecule is CC(C)c1ccc(/C=C/C(=O)Nc2sc3c(c2C(N)=O)CC[C@H](C(C)(C)C)C3)cc1. The van der Waals surface area contributed by atoms with Crippen LogP contribution in [0.2, 0.25) is 0 Å². The number of amides is 2. The first-order chi connectivity index (χ1) is 14.1. The van der Waals surface area contributed by atoms with Gasteiger partial charge in [-0.3, -0.25) is 9.59 Å². The van der Waals surface area contributed by atoms with Crippen LogP contribution in [0.3, 0.4) is 0 Å². The summed E-state index contributed by atoms with van der Waals surface area (Å²) in [5.41, 5.74) is 9.64. The van der Waals surface area contributed by atoms with Crippen LogP contribution in [0.15, 0.2) is 30.3 Å². The van der Waals surface area contributed by atoms with Gasteiger partial charge in [0.05, 0.1) is 5.56 Å². The zero-order chi connectivity index (χ0) is 22.1. The number of hydrogen-bond acceptors (Lipinski definition) is 3. The summed E-state index contributed by atoms with van der Waals surface area (Å²) in [5, 5.41) is 3.47. The lowest BCUT2D eigenvalue weighted by Gasteiger charge is -2.33. The Hall–Kier alpha value is -2.40. The van der Waals surface area contributed by atoms with E-state index in [1.807, 2.05) is 12.1 Å². The fraction of sp³-hybridized carbons (Fsp3) is 0.440. The molecule has 2 amide bonds. The summed E-state index contributed by atoms with van der Waals surface area (Å²) >= 11 is 1.50. The molecule has 3 N–H and O–H groups in total. The van der Waals surface area contributed by atoms with Crippen molar-refractivity contribution in [2.75, 3.05) is 5.32 Å². The van der Waals surface area contributed by atoms with E-state index in [-0.39, 0.29) is 11.3 Å². The smallest absolute Gasteiger partial charge is 0.251 e. The van der Waals surface area contributed by atoms with E-state index >= 15 is 0 Å². The minimum atomic E-state index is -0.467. The molecular formula is C25H32N2O2S. The molecule has 0 bridgehead atoms. The van der Waals surface area contributed by atoms with Gasteiger partial charge in [0.25, 0.3) is 5.91 Å². The zero-order valence-electron chi connectivity index (χ0n) is 18.5. The van der Waals surface area contributed by atoms with E-state index in [4.69, 9.17) is 5.73 Å². The number of hydrogen-bond donors (Lipinski definition) is 2. The number of benzene rings is 1. The average Bonchev–Trinajstić information content (AvgIpc) is 3.03. The second kappa shape index (κ2) is 8.76. The van der Waals surface area contributed by atoms with Crippen molar-refractivity contribution in [1.29, 1.82) is 0 Å². The molecule has 3 rings (SSSR count). The maximum Gasteiger partial charge on any atom is 0.251 e. The van der Waals surface area contributed by atoms with E-state index in [0.717, 1.165) is 30.4 Å². The Labute approximate surface area is 183 Å². The quantitative estimate of drug-likeness (QED) is 0.598. The van der Waals surface area contributed by atoms with Gasteiger partial charge in [-0.1, -0.05) is 58.9 Å². The van der Waals surface area contributed by atoms with Crippen LogP contribution >= 0.6 is 11.3 Å². The van der Waals surface area contributed by atoms with Crippen LogP contribution in [0, 0.1) is 11.3 Å². The Morgan fingerprint density at radius 1 is 1.20 bits per heavy atom. The third kappa shape index (κ3) is 5.01. The van der Waals surface area contributed by atoms with Crippen LogP contribution in [-0.2, 0) is 17.6 Å². The van der Waals surface area contributed by atoms with Gasteiger partial charge in [-0.15, -0.1) is 11.3 Å². The van der Waals surface area contributed by atoms with Gasteiger partial charge in [0.2, 0.25) is 5.91 Å². The van der Waals surface area contributed by atoms with Gasteiger partial charge < -0.3 is 11.1 Å². The fourth-order valence-corrected chi connectivity index (χ4v) is 5.33. The lowest BCUT2D eigenvalue weighted by atomic mass is 9.72. The molecule has 1 aliphatic rings. The van der Waals surface area contributed by atoms with Gasteiger partial charge in [-0.05, 0) is 59.3 Å². The molecule has 1 aromatic heterocycles. The molecule has 1 aromatic carbocycles. The largest absolute Gasteiger partial charge is 0.365 e. The van der Waals surface area contributed by atoms with Gasteiger partial charge in [-0.25, -0.2) is 0 Å². The average molecular weight is 425 g/mol. The van der Waals surface area contributed by atoms with E-state index in [9.17, 15) is 9.59 Å². The van der Waals surface area contributed by atoms with Crippen LogP contribution in [0.4, 0.5) is 5.00 Å². The number of primary amides is 1. The van der Waals surface area contributed by atoms with E-state index < -0.39 is 5.91 Å².